The van der Waals surface area contributed by atoms with Gasteiger partial charge >= 0.3 is 5.97 Å². The monoisotopic (exact) mass is 286 g/mol. The van der Waals surface area contributed by atoms with Crippen LogP contribution in [0.25, 0.3) is 0 Å². The zero-order valence-corrected chi connectivity index (χ0v) is 11.4. The SMILES string of the molecule is CN(CC(=O)Nc1ccc(F)c(F)c1)C(C)(C)C(=O)O. The molecule has 0 atom stereocenters. The van der Waals surface area contributed by atoms with Crippen molar-refractivity contribution in [3.63, 3.8) is 0 Å². The lowest BCUT2D eigenvalue weighted by molar-refractivity contribution is -0.148. The third kappa shape index (κ3) is 3.74. The van der Waals surface area contributed by atoms with Crippen molar-refractivity contribution in [1.82, 2.24) is 4.90 Å². The Labute approximate surface area is 115 Å². The van der Waals surface area contributed by atoms with E-state index in [9.17, 15) is 18.4 Å². The number of rotatable bonds is 5. The van der Waals surface area contributed by atoms with Crippen molar-refractivity contribution in [2.75, 3.05) is 18.9 Å². The minimum Gasteiger partial charge on any atom is -0.480 e. The number of carbonyl (C=O) groups excluding carboxylic acids is 1. The standard InChI is InChI=1S/C13H16F2N2O3/c1-13(2,12(19)20)17(3)7-11(18)16-8-4-5-9(14)10(15)6-8/h4-6H,7H2,1-3H3,(H,16,18)(H,19,20). The van der Waals surface area contributed by atoms with Crippen LogP contribution in [0, 0.1) is 11.6 Å². The number of carboxylic acid groups (broad SMARTS) is 1. The third-order valence-electron chi connectivity index (χ3n) is 3.06. The first-order valence-electron chi connectivity index (χ1n) is 5.84. The van der Waals surface area contributed by atoms with E-state index in [4.69, 9.17) is 5.11 Å². The number of anilines is 1. The van der Waals surface area contributed by atoms with E-state index >= 15 is 0 Å². The molecule has 5 nitrogen and oxygen atoms in total. The van der Waals surface area contributed by atoms with Gasteiger partial charge in [-0.3, -0.25) is 14.5 Å². The summed E-state index contributed by atoms with van der Waals surface area (Å²) < 4.78 is 25.7. The topological polar surface area (TPSA) is 69.6 Å². The predicted molar refractivity (Wildman–Crippen MR) is 69.3 cm³/mol. The van der Waals surface area contributed by atoms with Crippen molar-refractivity contribution in [1.29, 1.82) is 0 Å². The zero-order chi connectivity index (χ0) is 15.5. The molecular formula is C13H16F2N2O3. The van der Waals surface area contributed by atoms with Crippen LogP contribution in [0.3, 0.4) is 0 Å². The van der Waals surface area contributed by atoms with Crippen LogP contribution in [0.15, 0.2) is 18.2 Å². The summed E-state index contributed by atoms with van der Waals surface area (Å²) in [4.78, 5) is 24.1. The molecule has 2 N–H and O–H groups in total. The molecule has 0 aliphatic heterocycles. The maximum absolute atomic E-state index is 13.0. The van der Waals surface area contributed by atoms with Crippen LogP contribution in [0.2, 0.25) is 0 Å². The van der Waals surface area contributed by atoms with Crippen molar-refractivity contribution in [2.24, 2.45) is 0 Å². The lowest BCUT2D eigenvalue weighted by atomic mass is 10.0. The van der Waals surface area contributed by atoms with E-state index in [0.717, 1.165) is 12.1 Å². The molecule has 0 radical (unpaired) electrons. The van der Waals surface area contributed by atoms with Crippen molar-refractivity contribution in [3.05, 3.63) is 29.8 Å². The number of hydrogen-bond donors (Lipinski definition) is 2. The number of nitrogens with one attached hydrogen (secondary N) is 1. The summed E-state index contributed by atoms with van der Waals surface area (Å²) in [5.41, 5.74) is -1.11. The van der Waals surface area contributed by atoms with E-state index in [1.165, 1.54) is 31.9 Å². The molecule has 0 saturated carbocycles. The minimum absolute atomic E-state index is 0.107. The van der Waals surface area contributed by atoms with E-state index in [0.29, 0.717) is 0 Å². The quantitative estimate of drug-likeness (QED) is 0.864. The Morgan fingerprint density at radius 3 is 2.40 bits per heavy atom. The molecule has 0 heterocycles. The fourth-order valence-electron chi connectivity index (χ4n) is 1.35. The molecule has 110 valence electrons. The van der Waals surface area contributed by atoms with Gasteiger partial charge in [0.2, 0.25) is 5.91 Å². The summed E-state index contributed by atoms with van der Waals surface area (Å²) in [6, 6.07) is 2.98. The molecule has 0 saturated heterocycles. The molecule has 1 aromatic carbocycles. The second-order valence-electron chi connectivity index (χ2n) is 4.90. The molecule has 1 aromatic rings. The van der Waals surface area contributed by atoms with E-state index in [-0.39, 0.29) is 12.2 Å². The number of hydrogen-bond acceptors (Lipinski definition) is 3. The van der Waals surface area contributed by atoms with Crippen LogP contribution in [-0.4, -0.2) is 41.0 Å². The van der Waals surface area contributed by atoms with Gasteiger partial charge in [0.25, 0.3) is 0 Å². The number of amides is 1. The predicted octanol–water partition coefficient (Wildman–Crippen LogP) is 1.70. The summed E-state index contributed by atoms with van der Waals surface area (Å²) in [7, 11) is 1.49. The molecule has 0 spiro atoms. The van der Waals surface area contributed by atoms with Crippen molar-refractivity contribution < 1.29 is 23.5 Å². The van der Waals surface area contributed by atoms with Crippen LogP contribution in [0.1, 0.15) is 13.8 Å². The van der Waals surface area contributed by atoms with Gasteiger partial charge in [-0.1, -0.05) is 0 Å². The van der Waals surface area contributed by atoms with Gasteiger partial charge in [0.1, 0.15) is 5.54 Å². The van der Waals surface area contributed by atoms with Gasteiger partial charge < -0.3 is 10.4 Å². The number of aliphatic carboxylic acids is 1. The highest BCUT2D eigenvalue weighted by atomic mass is 19.2. The van der Waals surface area contributed by atoms with Crippen molar-refractivity contribution >= 4 is 17.6 Å². The maximum Gasteiger partial charge on any atom is 0.323 e. The fourth-order valence-corrected chi connectivity index (χ4v) is 1.35. The molecule has 0 aromatic heterocycles. The normalized spacial score (nSPS) is 11.5. The summed E-state index contributed by atoms with van der Waals surface area (Å²) >= 11 is 0. The molecule has 7 heteroatoms. The Hall–Kier alpha value is -2.02. The highest BCUT2D eigenvalue weighted by molar-refractivity contribution is 5.92. The maximum atomic E-state index is 13.0. The van der Waals surface area contributed by atoms with Crippen LogP contribution in [0.4, 0.5) is 14.5 Å². The van der Waals surface area contributed by atoms with E-state index < -0.39 is 29.0 Å². The van der Waals surface area contributed by atoms with Crippen molar-refractivity contribution in [2.45, 2.75) is 19.4 Å². The zero-order valence-electron chi connectivity index (χ0n) is 11.4. The average Bonchev–Trinajstić information content (AvgIpc) is 2.33. The van der Waals surface area contributed by atoms with Crippen molar-refractivity contribution in [3.8, 4) is 0 Å². The first-order valence-corrected chi connectivity index (χ1v) is 5.84. The second-order valence-corrected chi connectivity index (χ2v) is 4.90. The molecule has 0 bridgehead atoms. The van der Waals surface area contributed by atoms with Gasteiger partial charge in [-0.25, -0.2) is 8.78 Å². The molecule has 20 heavy (non-hydrogen) atoms. The third-order valence-corrected chi connectivity index (χ3v) is 3.06. The molecule has 0 aliphatic rings. The Balaban J connectivity index is 2.68. The molecule has 1 rings (SSSR count). The van der Waals surface area contributed by atoms with Gasteiger partial charge in [-0.2, -0.15) is 0 Å². The Kier molecular flexibility index (Phi) is 4.78. The van der Waals surface area contributed by atoms with Crippen LogP contribution < -0.4 is 5.32 Å². The first-order chi connectivity index (χ1) is 9.14. The first kappa shape index (κ1) is 16.0. The lowest BCUT2D eigenvalue weighted by Gasteiger charge is -2.30. The summed E-state index contributed by atoms with van der Waals surface area (Å²) in [6.07, 6.45) is 0. The molecule has 0 unspecified atom stereocenters. The van der Waals surface area contributed by atoms with Crippen LogP contribution >= 0.6 is 0 Å². The number of likely N-dealkylation sites (N-methyl/N-ethyl adjacent to an activating group) is 1. The largest absolute Gasteiger partial charge is 0.480 e. The molecule has 0 aliphatic carbocycles. The summed E-state index contributed by atoms with van der Waals surface area (Å²) in [5.74, 6) is -3.66. The van der Waals surface area contributed by atoms with Gasteiger partial charge in [0.15, 0.2) is 11.6 Å². The Morgan fingerprint density at radius 2 is 1.90 bits per heavy atom. The van der Waals surface area contributed by atoms with E-state index in [1.54, 1.807) is 0 Å². The number of benzene rings is 1. The fraction of sp³-hybridized carbons (Fsp3) is 0.385. The van der Waals surface area contributed by atoms with Gasteiger partial charge in [-0.15, -0.1) is 0 Å². The Morgan fingerprint density at radius 1 is 1.30 bits per heavy atom. The molecule has 0 fully saturated rings. The van der Waals surface area contributed by atoms with Crippen LogP contribution in [-0.2, 0) is 9.59 Å². The highest BCUT2D eigenvalue weighted by Gasteiger charge is 2.32. The average molecular weight is 286 g/mol. The van der Waals surface area contributed by atoms with Gasteiger partial charge in [0.05, 0.1) is 6.54 Å². The number of nitrogens with zero attached hydrogens (tertiary/aromatic N) is 1. The molecule has 1 amide bonds. The minimum atomic E-state index is -1.22. The van der Waals surface area contributed by atoms with Gasteiger partial charge in [-0.05, 0) is 33.0 Å². The molecular weight excluding hydrogens is 270 g/mol. The van der Waals surface area contributed by atoms with Crippen LogP contribution in [0.5, 0.6) is 0 Å². The smallest absolute Gasteiger partial charge is 0.323 e. The second kappa shape index (κ2) is 5.96. The van der Waals surface area contributed by atoms with Gasteiger partial charge in [0, 0.05) is 11.8 Å². The summed E-state index contributed by atoms with van der Waals surface area (Å²) in [6.45, 7) is 2.72. The Bertz CT molecular complexity index is 532. The van der Waals surface area contributed by atoms with E-state index in [2.05, 4.69) is 5.32 Å². The summed E-state index contributed by atoms with van der Waals surface area (Å²) in [5, 5.41) is 11.4. The lowest BCUT2D eigenvalue weighted by Crippen LogP contribution is -2.50. The number of halogens is 2. The highest BCUT2D eigenvalue weighted by Crippen LogP contribution is 2.15. The van der Waals surface area contributed by atoms with E-state index in [1.807, 2.05) is 0 Å². The number of carboxylic acids is 1. The number of carbonyl (C=O) groups is 2.